The standard InChI is InChI=1S/C15H18N4OS/c1-10-18-8-14(21-10)15-13(16-4-5-17-15)7-12-3-6-19(9-12)11(2)20/h4-5,8,12H,3,6-7,9H2,1-2H3/t12-/m1/s1. The lowest BCUT2D eigenvalue weighted by molar-refractivity contribution is -0.127. The molecule has 1 fully saturated rings. The summed E-state index contributed by atoms with van der Waals surface area (Å²) < 4.78 is 0. The molecule has 2 aromatic rings. The molecule has 0 bridgehead atoms. The van der Waals surface area contributed by atoms with Gasteiger partial charge in [-0.25, -0.2) is 4.98 Å². The third-order valence-corrected chi connectivity index (χ3v) is 4.76. The molecule has 6 heteroatoms. The Morgan fingerprint density at radius 1 is 1.38 bits per heavy atom. The van der Waals surface area contributed by atoms with Gasteiger partial charge in [-0.15, -0.1) is 11.3 Å². The van der Waals surface area contributed by atoms with Crippen molar-refractivity contribution in [2.75, 3.05) is 13.1 Å². The minimum Gasteiger partial charge on any atom is -0.343 e. The van der Waals surface area contributed by atoms with Gasteiger partial charge in [0, 0.05) is 38.6 Å². The molecule has 3 heterocycles. The highest BCUT2D eigenvalue weighted by molar-refractivity contribution is 7.15. The molecule has 3 rings (SSSR count). The molecule has 1 saturated heterocycles. The molecule has 1 aliphatic heterocycles. The molecule has 1 atom stereocenters. The van der Waals surface area contributed by atoms with E-state index in [1.165, 1.54) is 0 Å². The molecule has 0 N–H and O–H groups in total. The van der Waals surface area contributed by atoms with Gasteiger partial charge in [0.15, 0.2) is 0 Å². The summed E-state index contributed by atoms with van der Waals surface area (Å²) in [6, 6.07) is 0. The predicted octanol–water partition coefficient (Wildman–Crippen LogP) is 2.32. The van der Waals surface area contributed by atoms with Crippen LogP contribution in [0.4, 0.5) is 0 Å². The third kappa shape index (κ3) is 3.10. The van der Waals surface area contributed by atoms with Crippen molar-refractivity contribution in [3.8, 4) is 10.6 Å². The van der Waals surface area contributed by atoms with Gasteiger partial charge in [0.05, 0.1) is 15.6 Å². The van der Waals surface area contributed by atoms with Gasteiger partial charge in [0.25, 0.3) is 0 Å². The topological polar surface area (TPSA) is 59.0 Å². The van der Waals surface area contributed by atoms with Crippen molar-refractivity contribution in [2.45, 2.75) is 26.7 Å². The molecule has 5 nitrogen and oxygen atoms in total. The second-order valence-electron chi connectivity index (χ2n) is 5.42. The van der Waals surface area contributed by atoms with Crippen LogP contribution in [0.15, 0.2) is 18.6 Å². The second kappa shape index (κ2) is 5.89. The van der Waals surface area contributed by atoms with Gasteiger partial charge < -0.3 is 4.90 Å². The molecule has 0 aliphatic carbocycles. The van der Waals surface area contributed by atoms with Crippen molar-refractivity contribution in [3.05, 3.63) is 29.3 Å². The Labute approximate surface area is 128 Å². The number of carbonyl (C=O) groups excluding carboxylic acids is 1. The number of rotatable bonds is 3. The van der Waals surface area contributed by atoms with Crippen LogP contribution in [0.3, 0.4) is 0 Å². The summed E-state index contributed by atoms with van der Waals surface area (Å²) in [7, 11) is 0. The van der Waals surface area contributed by atoms with Crippen LogP contribution in [0.2, 0.25) is 0 Å². The first kappa shape index (κ1) is 14.1. The number of amides is 1. The van der Waals surface area contributed by atoms with Crippen molar-refractivity contribution >= 4 is 17.2 Å². The van der Waals surface area contributed by atoms with Crippen LogP contribution < -0.4 is 0 Å². The molecular formula is C15H18N4OS. The summed E-state index contributed by atoms with van der Waals surface area (Å²) >= 11 is 1.64. The monoisotopic (exact) mass is 302 g/mol. The molecular weight excluding hydrogens is 284 g/mol. The number of hydrogen-bond acceptors (Lipinski definition) is 5. The van der Waals surface area contributed by atoms with Gasteiger partial charge in [0.1, 0.15) is 5.69 Å². The van der Waals surface area contributed by atoms with Gasteiger partial charge in [-0.05, 0) is 25.7 Å². The van der Waals surface area contributed by atoms with E-state index < -0.39 is 0 Å². The molecule has 0 spiro atoms. The Hall–Kier alpha value is -1.82. The van der Waals surface area contributed by atoms with E-state index in [0.717, 1.165) is 47.2 Å². The normalized spacial score (nSPS) is 18.2. The lowest BCUT2D eigenvalue weighted by Crippen LogP contribution is -2.26. The van der Waals surface area contributed by atoms with Crippen LogP contribution in [0, 0.1) is 12.8 Å². The first-order chi connectivity index (χ1) is 10.1. The third-order valence-electron chi connectivity index (χ3n) is 3.84. The second-order valence-corrected chi connectivity index (χ2v) is 6.65. The lowest BCUT2D eigenvalue weighted by Gasteiger charge is -2.14. The number of hydrogen-bond donors (Lipinski definition) is 0. The van der Waals surface area contributed by atoms with Gasteiger partial charge in [-0.2, -0.15) is 0 Å². The van der Waals surface area contributed by atoms with E-state index in [-0.39, 0.29) is 5.91 Å². The van der Waals surface area contributed by atoms with Crippen LogP contribution in [-0.4, -0.2) is 38.8 Å². The zero-order chi connectivity index (χ0) is 14.8. The van der Waals surface area contributed by atoms with Crippen molar-refractivity contribution < 1.29 is 4.79 Å². The maximum absolute atomic E-state index is 11.4. The number of likely N-dealkylation sites (tertiary alicyclic amines) is 1. The van der Waals surface area contributed by atoms with E-state index in [2.05, 4.69) is 15.0 Å². The number of aromatic nitrogens is 3. The largest absolute Gasteiger partial charge is 0.343 e. The molecule has 21 heavy (non-hydrogen) atoms. The van der Waals surface area contributed by atoms with E-state index in [0.29, 0.717) is 5.92 Å². The van der Waals surface area contributed by atoms with Crippen molar-refractivity contribution in [3.63, 3.8) is 0 Å². The van der Waals surface area contributed by atoms with Gasteiger partial charge in [-0.1, -0.05) is 0 Å². The average Bonchev–Trinajstić information content (AvgIpc) is 3.09. The van der Waals surface area contributed by atoms with E-state index in [1.54, 1.807) is 30.7 Å². The first-order valence-corrected chi connectivity index (χ1v) is 7.93. The van der Waals surface area contributed by atoms with Crippen LogP contribution in [-0.2, 0) is 11.2 Å². The molecule has 2 aromatic heterocycles. The highest BCUT2D eigenvalue weighted by Gasteiger charge is 2.26. The summed E-state index contributed by atoms with van der Waals surface area (Å²) in [5, 5.41) is 1.03. The highest BCUT2D eigenvalue weighted by atomic mass is 32.1. The fourth-order valence-electron chi connectivity index (χ4n) is 2.75. The number of aryl methyl sites for hydroxylation is 1. The number of thiazole rings is 1. The Morgan fingerprint density at radius 3 is 2.86 bits per heavy atom. The van der Waals surface area contributed by atoms with E-state index in [4.69, 9.17) is 0 Å². The summed E-state index contributed by atoms with van der Waals surface area (Å²) in [4.78, 5) is 27.7. The Bertz CT molecular complexity index is 655. The van der Waals surface area contributed by atoms with Crippen molar-refractivity contribution in [1.82, 2.24) is 19.9 Å². The van der Waals surface area contributed by atoms with Crippen LogP contribution >= 0.6 is 11.3 Å². The summed E-state index contributed by atoms with van der Waals surface area (Å²) in [6.07, 6.45) is 7.24. The van der Waals surface area contributed by atoms with E-state index >= 15 is 0 Å². The molecule has 110 valence electrons. The zero-order valence-electron chi connectivity index (χ0n) is 12.2. The molecule has 0 saturated carbocycles. The summed E-state index contributed by atoms with van der Waals surface area (Å²) in [5.74, 6) is 0.633. The maximum atomic E-state index is 11.4. The summed E-state index contributed by atoms with van der Waals surface area (Å²) in [6.45, 7) is 5.31. The average molecular weight is 302 g/mol. The van der Waals surface area contributed by atoms with Crippen molar-refractivity contribution in [1.29, 1.82) is 0 Å². The number of carbonyl (C=O) groups is 1. The Morgan fingerprint density at radius 2 is 2.19 bits per heavy atom. The maximum Gasteiger partial charge on any atom is 0.219 e. The minimum absolute atomic E-state index is 0.162. The van der Waals surface area contributed by atoms with Gasteiger partial charge >= 0.3 is 0 Å². The SMILES string of the molecule is CC(=O)N1CC[C@H](Cc2nccnc2-c2cnc(C)s2)C1. The molecule has 0 aromatic carbocycles. The van der Waals surface area contributed by atoms with Gasteiger partial charge in [0.2, 0.25) is 5.91 Å². The fourth-order valence-corrected chi connectivity index (χ4v) is 3.55. The Kier molecular flexibility index (Phi) is 3.96. The quantitative estimate of drug-likeness (QED) is 0.873. The summed E-state index contributed by atoms with van der Waals surface area (Å²) in [5.41, 5.74) is 1.95. The van der Waals surface area contributed by atoms with Gasteiger partial charge in [-0.3, -0.25) is 14.8 Å². The smallest absolute Gasteiger partial charge is 0.219 e. The van der Waals surface area contributed by atoms with E-state index in [1.807, 2.05) is 18.0 Å². The van der Waals surface area contributed by atoms with E-state index in [9.17, 15) is 4.79 Å². The fraction of sp³-hybridized carbons (Fsp3) is 0.467. The molecule has 1 amide bonds. The lowest BCUT2D eigenvalue weighted by atomic mass is 10.0. The van der Waals surface area contributed by atoms with Crippen molar-refractivity contribution in [2.24, 2.45) is 5.92 Å². The first-order valence-electron chi connectivity index (χ1n) is 7.11. The van der Waals surface area contributed by atoms with Crippen LogP contribution in [0.25, 0.3) is 10.6 Å². The zero-order valence-corrected chi connectivity index (χ0v) is 13.1. The number of nitrogens with zero attached hydrogens (tertiary/aromatic N) is 4. The van der Waals surface area contributed by atoms with Crippen LogP contribution in [0.5, 0.6) is 0 Å². The van der Waals surface area contributed by atoms with Crippen LogP contribution in [0.1, 0.15) is 24.0 Å². The highest BCUT2D eigenvalue weighted by Crippen LogP contribution is 2.29. The molecule has 1 aliphatic rings. The molecule has 0 unspecified atom stereocenters. The Balaban J connectivity index is 1.79. The predicted molar refractivity (Wildman–Crippen MR) is 81.9 cm³/mol. The molecule has 0 radical (unpaired) electrons. The minimum atomic E-state index is 0.162.